The smallest absolute Gasteiger partial charge is 0.133 e. The lowest BCUT2D eigenvalue weighted by Crippen LogP contribution is -2.08. The van der Waals surface area contributed by atoms with E-state index in [4.69, 9.17) is 16.7 Å². The molecule has 0 spiro atoms. The first-order valence-corrected chi connectivity index (χ1v) is 9.21. The second kappa shape index (κ2) is 6.02. The van der Waals surface area contributed by atoms with Crippen LogP contribution in [0.4, 0.5) is 5.82 Å². The second-order valence-electron chi connectivity index (χ2n) is 5.87. The van der Waals surface area contributed by atoms with E-state index in [-0.39, 0.29) is 0 Å². The number of hydrogen-bond donors (Lipinski definition) is 1. The standard InChI is InChI=1S/C18H18ClN3S/c1-12-15(19)6-4-7-16(12)22-18-14(5-2-3-9-20-18)17(21-22)13-8-10-23-11-13/h4,6-8,10-11,20H,2-3,5,9H2,1H3. The molecule has 3 aromatic rings. The van der Waals surface area contributed by atoms with Crippen LogP contribution in [0.2, 0.25) is 5.02 Å². The van der Waals surface area contributed by atoms with Crippen molar-refractivity contribution in [1.82, 2.24) is 9.78 Å². The van der Waals surface area contributed by atoms with Gasteiger partial charge in [-0.05, 0) is 55.3 Å². The van der Waals surface area contributed by atoms with Gasteiger partial charge in [0.15, 0.2) is 0 Å². The molecule has 118 valence electrons. The van der Waals surface area contributed by atoms with E-state index in [2.05, 4.69) is 28.2 Å². The third-order valence-corrected chi connectivity index (χ3v) is 5.48. The first-order valence-electron chi connectivity index (χ1n) is 7.89. The van der Waals surface area contributed by atoms with Crippen molar-refractivity contribution in [2.75, 3.05) is 11.9 Å². The summed E-state index contributed by atoms with van der Waals surface area (Å²) in [5.74, 6) is 1.12. The van der Waals surface area contributed by atoms with Crippen LogP contribution in [0.25, 0.3) is 16.9 Å². The summed E-state index contributed by atoms with van der Waals surface area (Å²) in [6, 6.07) is 8.14. The number of rotatable bonds is 2. The Hall–Kier alpha value is -1.78. The Morgan fingerprint density at radius 1 is 1.26 bits per heavy atom. The van der Waals surface area contributed by atoms with Crippen molar-refractivity contribution < 1.29 is 0 Å². The number of thiophene rings is 1. The van der Waals surface area contributed by atoms with Crippen molar-refractivity contribution in [3.05, 3.63) is 51.2 Å². The van der Waals surface area contributed by atoms with Gasteiger partial charge in [-0.1, -0.05) is 17.7 Å². The Labute approximate surface area is 144 Å². The monoisotopic (exact) mass is 343 g/mol. The fraction of sp³-hybridized carbons (Fsp3) is 0.278. The van der Waals surface area contributed by atoms with Crippen molar-refractivity contribution >= 4 is 28.8 Å². The quantitative estimate of drug-likeness (QED) is 0.683. The molecule has 2 aromatic heterocycles. The molecule has 5 heteroatoms. The third-order valence-electron chi connectivity index (χ3n) is 4.39. The van der Waals surface area contributed by atoms with Crippen LogP contribution < -0.4 is 5.32 Å². The zero-order valence-corrected chi connectivity index (χ0v) is 14.5. The van der Waals surface area contributed by atoms with Crippen molar-refractivity contribution in [3.63, 3.8) is 0 Å². The average molecular weight is 344 g/mol. The van der Waals surface area contributed by atoms with Gasteiger partial charge >= 0.3 is 0 Å². The molecule has 0 aliphatic carbocycles. The fourth-order valence-electron chi connectivity index (χ4n) is 3.13. The Balaban J connectivity index is 1.95. The van der Waals surface area contributed by atoms with Gasteiger partial charge in [-0.15, -0.1) is 0 Å². The molecule has 3 heterocycles. The van der Waals surface area contributed by atoms with E-state index in [1.807, 2.05) is 23.7 Å². The second-order valence-corrected chi connectivity index (χ2v) is 7.05. The van der Waals surface area contributed by atoms with Gasteiger partial charge in [-0.25, -0.2) is 4.68 Å². The molecule has 0 saturated carbocycles. The summed E-state index contributed by atoms with van der Waals surface area (Å²) < 4.78 is 2.04. The number of aromatic nitrogens is 2. The summed E-state index contributed by atoms with van der Waals surface area (Å²) in [4.78, 5) is 0. The molecule has 0 unspecified atom stereocenters. The number of halogens is 1. The van der Waals surface area contributed by atoms with Crippen LogP contribution >= 0.6 is 22.9 Å². The van der Waals surface area contributed by atoms with Gasteiger partial charge in [-0.3, -0.25) is 0 Å². The summed E-state index contributed by atoms with van der Waals surface area (Å²) in [5, 5.41) is 13.6. The molecule has 0 bridgehead atoms. The van der Waals surface area contributed by atoms with E-state index >= 15 is 0 Å². The summed E-state index contributed by atoms with van der Waals surface area (Å²) in [5.41, 5.74) is 5.72. The molecular formula is C18H18ClN3S. The lowest BCUT2D eigenvalue weighted by atomic mass is 10.1. The van der Waals surface area contributed by atoms with Gasteiger partial charge in [0, 0.05) is 28.1 Å². The Kier molecular flexibility index (Phi) is 3.87. The van der Waals surface area contributed by atoms with Gasteiger partial charge in [0.2, 0.25) is 0 Å². The largest absolute Gasteiger partial charge is 0.370 e. The normalized spacial score (nSPS) is 14.2. The molecule has 1 aliphatic heterocycles. The average Bonchev–Trinajstić information content (AvgIpc) is 3.12. The topological polar surface area (TPSA) is 29.9 Å². The highest BCUT2D eigenvalue weighted by Crippen LogP contribution is 2.36. The zero-order chi connectivity index (χ0) is 15.8. The van der Waals surface area contributed by atoms with Crippen molar-refractivity contribution in [1.29, 1.82) is 0 Å². The number of nitrogens with zero attached hydrogens (tertiary/aromatic N) is 2. The molecule has 1 aromatic carbocycles. The number of nitrogens with one attached hydrogen (secondary N) is 1. The maximum Gasteiger partial charge on any atom is 0.133 e. The summed E-state index contributed by atoms with van der Waals surface area (Å²) in [6.45, 7) is 3.04. The van der Waals surface area contributed by atoms with Crippen LogP contribution in [0.15, 0.2) is 35.0 Å². The van der Waals surface area contributed by atoms with Crippen LogP contribution in [0.1, 0.15) is 24.0 Å². The van der Waals surface area contributed by atoms with E-state index in [0.29, 0.717) is 0 Å². The van der Waals surface area contributed by atoms with E-state index < -0.39 is 0 Å². The van der Waals surface area contributed by atoms with E-state index in [0.717, 1.165) is 40.8 Å². The van der Waals surface area contributed by atoms with Crippen LogP contribution in [-0.2, 0) is 6.42 Å². The lowest BCUT2D eigenvalue weighted by Gasteiger charge is -2.12. The highest BCUT2D eigenvalue weighted by molar-refractivity contribution is 7.08. The molecule has 0 fully saturated rings. The predicted molar refractivity (Wildman–Crippen MR) is 98.1 cm³/mol. The SMILES string of the molecule is Cc1c(Cl)cccc1-n1nc(-c2ccsc2)c2c1NCCCC2. The highest BCUT2D eigenvalue weighted by atomic mass is 35.5. The number of anilines is 1. The minimum atomic E-state index is 0.775. The molecule has 0 amide bonds. The summed E-state index contributed by atoms with van der Waals surface area (Å²) in [6.07, 6.45) is 3.44. The van der Waals surface area contributed by atoms with Gasteiger partial charge < -0.3 is 5.32 Å². The van der Waals surface area contributed by atoms with Gasteiger partial charge in [-0.2, -0.15) is 16.4 Å². The molecule has 4 rings (SSSR count). The molecule has 1 N–H and O–H groups in total. The predicted octanol–water partition coefficient (Wildman–Crippen LogP) is 5.31. The maximum absolute atomic E-state index is 6.33. The molecule has 0 saturated heterocycles. The van der Waals surface area contributed by atoms with Crippen LogP contribution in [-0.4, -0.2) is 16.3 Å². The van der Waals surface area contributed by atoms with Crippen LogP contribution in [0, 0.1) is 6.92 Å². The van der Waals surface area contributed by atoms with Crippen molar-refractivity contribution in [3.8, 4) is 16.9 Å². The number of benzene rings is 1. The van der Waals surface area contributed by atoms with Gasteiger partial charge in [0.25, 0.3) is 0 Å². The molecule has 23 heavy (non-hydrogen) atoms. The third kappa shape index (κ3) is 2.56. The van der Waals surface area contributed by atoms with Crippen molar-refractivity contribution in [2.24, 2.45) is 0 Å². The van der Waals surface area contributed by atoms with Crippen LogP contribution in [0.5, 0.6) is 0 Å². The van der Waals surface area contributed by atoms with Crippen LogP contribution in [0.3, 0.4) is 0 Å². The highest BCUT2D eigenvalue weighted by Gasteiger charge is 2.22. The molecule has 3 nitrogen and oxygen atoms in total. The maximum atomic E-state index is 6.33. The zero-order valence-electron chi connectivity index (χ0n) is 13.0. The first kappa shape index (κ1) is 14.8. The number of hydrogen-bond acceptors (Lipinski definition) is 3. The molecule has 0 atom stereocenters. The molecule has 0 radical (unpaired) electrons. The molecule has 1 aliphatic rings. The van der Waals surface area contributed by atoms with Gasteiger partial charge in [0.05, 0.1) is 11.4 Å². The number of fused-ring (bicyclic) bond motifs is 1. The minimum absolute atomic E-state index is 0.775. The molecular weight excluding hydrogens is 326 g/mol. The Bertz CT molecular complexity index is 836. The Morgan fingerprint density at radius 2 is 2.17 bits per heavy atom. The van der Waals surface area contributed by atoms with E-state index in [9.17, 15) is 0 Å². The van der Waals surface area contributed by atoms with E-state index in [1.165, 1.54) is 24.0 Å². The summed E-state index contributed by atoms with van der Waals surface area (Å²) >= 11 is 8.04. The van der Waals surface area contributed by atoms with Crippen molar-refractivity contribution in [2.45, 2.75) is 26.2 Å². The summed E-state index contributed by atoms with van der Waals surface area (Å²) in [7, 11) is 0. The first-order chi connectivity index (χ1) is 11.3. The minimum Gasteiger partial charge on any atom is -0.370 e. The lowest BCUT2D eigenvalue weighted by molar-refractivity contribution is 0.779. The Morgan fingerprint density at radius 3 is 3.00 bits per heavy atom. The van der Waals surface area contributed by atoms with Gasteiger partial charge in [0.1, 0.15) is 5.82 Å². The van der Waals surface area contributed by atoms with E-state index in [1.54, 1.807) is 11.3 Å². The fourth-order valence-corrected chi connectivity index (χ4v) is 3.94.